The van der Waals surface area contributed by atoms with Crippen LogP contribution in [0.15, 0.2) is 0 Å². The van der Waals surface area contributed by atoms with Gasteiger partial charge in [-0.2, -0.15) is 0 Å². The Balaban J connectivity index is 1.86. The van der Waals surface area contributed by atoms with Crippen LogP contribution in [0.1, 0.15) is 41.4 Å². The van der Waals surface area contributed by atoms with Gasteiger partial charge < -0.3 is 5.32 Å². The lowest BCUT2D eigenvalue weighted by Crippen LogP contribution is -2.75. The Labute approximate surface area is 75.1 Å². The van der Waals surface area contributed by atoms with Crippen LogP contribution < -0.4 is 5.32 Å². The molecule has 2 bridgehead atoms. The molecule has 2 nitrogen and oxygen atoms in total. The molecule has 3 aliphatic rings. The van der Waals surface area contributed by atoms with E-state index in [1.54, 1.807) is 0 Å². The molecule has 1 amide bonds. The van der Waals surface area contributed by atoms with Gasteiger partial charge >= 0.3 is 0 Å². The summed E-state index contributed by atoms with van der Waals surface area (Å²) in [7, 11) is 0. The third-order valence-electron chi connectivity index (χ3n) is 3.70. The molecule has 0 radical (unpaired) electrons. The van der Waals surface area contributed by atoms with Crippen molar-refractivity contribution in [1.82, 2.24) is 5.32 Å². The molecule has 0 spiro atoms. The van der Waals surface area contributed by atoms with Gasteiger partial charge in [-0.25, -0.2) is 0 Å². The molecule has 3 saturated carbocycles. The third kappa shape index (κ3) is 0.838. The van der Waals surface area contributed by atoms with Gasteiger partial charge in [-0.15, -0.1) is 0 Å². The summed E-state index contributed by atoms with van der Waals surface area (Å²) in [5.41, 5.74) is 0.651. The summed E-state index contributed by atoms with van der Waals surface area (Å²) in [6, 6.07) is 0. The van der Waals surface area contributed by atoms with Gasteiger partial charge in [0.15, 0.2) is 0 Å². The molecule has 0 heterocycles. The molecule has 3 aliphatic carbocycles. The summed E-state index contributed by atoms with van der Waals surface area (Å²) in [5, 5.41) is 2.96. The highest BCUT2D eigenvalue weighted by Crippen LogP contribution is 2.70. The second-order valence-corrected chi connectivity index (χ2v) is 4.88. The van der Waals surface area contributed by atoms with Gasteiger partial charge in [-0.1, -0.05) is 13.8 Å². The van der Waals surface area contributed by atoms with Crippen molar-refractivity contribution in [2.75, 3.05) is 0 Å². The Morgan fingerprint density at radius 1 is 1.50 bits per heavy atom. The highest BCUT2D eigenvalue weighted by molar-refractivity contribution is 5.74. The molecular weight excluding hydrogens is 150 g/mol. The van der Waals surface area contributed by atoms with E-state index >= 15 is 0 Å². The minimum Gasteiger partial charge on any atom is -0.351 e. The van der Waals surface area contributed by atoms with Crippen LogP contribution in [0.4, 0.5) is 0 Å². The first kappa shape index (κ1) is 6.93. The van der Waals surface area contributed by atoms with Gasteiger partial charge in [-0.3, -0.25) is 4.79 Å². The highest BCUT2D eigenvalue weighted by Gasteiger charge is 2.68. The van der Waals surface area contributed by atoms with Gasteiger partial charge in [0.05, 0.1) is 0 Å². The quantitative estimate of drug-likeness (QED) is 0.668. The van der Waals surface area contributed by atoms with Crippen molar-refractivity contribution in [1.29, 1.82) is 0 Å². The highest BCUT2D eigenvalue weighted by atomic mass is 16.1. The van der Waals surface area contributed by atoms with Gasteiger partial charge in [0, 0.05) is 13.8 Å². The van der Waals surface area contributed by atoms with Gasteiger partial charge in [0.25, 0.3) is 0 Å². The van der Waals surface area contributed by atoms with E-state index in [0.29, 0.717) is 5.41 Å². The molecule has 0 aromatic heterocycles. The lowest BCUT2D eigenvalue weighted by molar-refractivity contribution is -0.186. The largest absolute Gasteiger partial charge is 0.351 e. The number of carbonyl (C=O) groups excluding carboxylic acids is 1. The van der Waals surface area contributed by atoms with E-state index in [2.05, 4.69) is 19.2 Å². The molecule has 3 fully saturated rings. The van der Waals surface area contributed by atoms with Crippen molar-refractivity contribution in [3.05, 3.63) is 0 Å². The molecule has 2 heteroatoms. The molecule has 68 valence electrons. The molecule has 0 unspecified atom stereocenters. The van der Waals surface area contributed by atoms with Crippen molar-refractivity contribution in [3.8, 4) is 0 Å². The molecule has 0 aromatic rings. The summed E-state index contributed by atoms with van der Waals surface area (Å²) >= 11 is 0. The number of hydrogen-bond acceptors (Lipinski definition) is 1. The number of rotatable bonds is 2. The van der Waals surface area contributed by atoms with E-state index in [0.717, 1.165) is 25.2 Å². The summed E-state index contributed by atoms with van der Waals surface area (Å²) in [6.07, 6.45) is 3.43. The van der Waals surface area contributed by atoms with E-state index in [9.17, 15) is 4.79 Å². The molecule has 3 rings (SSSR count). The lowest BCUT2D eigenvalue weighted by atomic mass is 9.36. The fourth-order valence-electron chi connectivity index (χ4n) is 2.91. The topological polar surface area (TPSA) is 29.1 Å². The van der Waals surface area contributed by atoms with Gasteiger partial charge in [0.1, 0.15) is 0 Å². The number of hydrogen-bond donors (Lipinski definition) is 1. The van der Waals surface area contributed by atoms with E-state index in [-0.39, 0.29) is 18.3 Å². The molecule has 0 atom stereocenters. The number of amides is 1. The van der Waals surface area contributed by atoms with Gasteiger partial charge in [0.2, 0.25) is 5.91 Å². The zero-order valence-electron chi connectivity index (χ0n) is 8.81. The second-order valence-electron chi connectivity index (χ2n) is 4.88. The van der Waals surface area contributed by atoms with Crippen molar-refractivity contribution >= 4 is 5.91 Å². The molecule has 1 N–H and O–H groups in total. The Bertz CT molecular complexity index is 230. The van der Waals surface area contributed by atoms with E-state index in [1.807, 2.05) is 0 Å². The van der Waals surface area contributed by atoms with Crippen LogP contribution in [0.5, 0.6) is 0 Å². The first-order valence-electron chi connectivity index (χ1n) is 5.33. The fraction of sp³-hybridized carbons (Fsp3) is 0.900. The zero-order chi connectivity index (χ0) is 9.69. The average molecular weight is 168 g/mol. The monoisotopic (exact) mass is 168 g/mol. The van der Waals surface area contributed by atoms with Crippen LogP contribution >= 0.6 is 0 Å². The first-order chi connectivity index (χ1) is 6.02. The van der Waals surface area contributed by atoms with E-state index < -0.39 is 0 Å². The predicted molar refractivity (Wildman–Crippen MR) is 47.7 cm³/mol. The number of carbonyl (C=O) groups is 1. The Hall–Kier alpha value is -0.530. The van der Waals surface area contributed by atoms with Crippen LogP contribution in [0.2, 0.25) is 0 Å². The van der Waals surface area contributed by atoms with Crippen molar-refractivity contribution in [2.45, 2.75) is 45.5 Å². The summed E-state index contributed by atoms with van der Waals surface area (Å²) in [5.74, 6) is 0.624. The summed E-state index contributed by atoms with van der Waals surface area (Å²) < 4.78 is 6.93. The van der Waals surface area contributed by atoms with Crippen molar-refractivity contribution in [3.63, 3.8) is 0 Å². The minimum atomic E-state index is -0.129. The maximum atomic E-state index is 11.0. The van der Waals surface area contributed by atoms with Crippen molar-refractivity contribution in [2.24, 2.45) is 11.3 Å². The third-order valence-corrected chi connectivity index (χ3v) is 3.70. The van der Waals surface area contributed by atoms with Crippen LogP contribution in [0.25, 0.3) is 0 Å². The van der Waals surface area contributed by atoms with Crippen LogP contribution in [0, 0.1) is 11.3 Å². The standard InChI is InChI=1S/C10H17NO/c1-7(2)9-4-10(5-9,6-9)11-8(3)12/h7H,4-6H2,1-3H3,(H,11,12)/i3D. The molecular formula is C10H17NO. The summed E-state index contributed by atoms with van der Waals surface area (Å²) in [6.45, 7) is 4.39. The Morgan fingerprint density at radius 2 is 2.08 bits per heavy atom. The molecule has 0 saturated heterocycles. The molecule has 0 aliphatic heterocycles. The minimum absolute atomic E-state index is 0.113. The van der Waals surface area contributed by atoms with Crippen molar-refractivity contribution < 1.29 is 6.17 Å². The number of nitrogens with one attached hydrogen (secondary N) is 1. The maximum Gasteiger partial charge on any atom is 0.217 e. The maximum absolute atomic E-state index is 11.0. The smallest absolute Gasteiger partial charge is 0.217 e. The molecule has 0 aromatic carbocycles. The summed E-state index contributed by atoms with van der Waals surface area (Å²) in [4.78, 5) is 11.0. The fourth-order valence-corrected chi connectivity index (χ4v) is 2.91. The lowest BCUT2D eigenvalue weighted by Gasteiger charge is -2.72. The average Bonchev–Trinajstić information content (AvgIpc) is 1.92. The van der Waals surface area contributed by atoms with Gasteiger partial charge in [-0.05, 0) is 30.6 Å². The first-order valence-corrected chi connectivity index (χ1v) is 4.62. The predicted octanol–water partition coefficient (Wildman–Crippen LogP) is 1.70. The Morgan fingerprint density at radius 3 is 2.50 bits per heavy atom. The second kappa shape index (κ2) is 2.04. The molecule has 12 heavy (non-hydrogen) atoms. The van der Waals surface area contributed by atoms with E-state index in [1.165, 1.54) is 0 Å². The van der Waals surface area contributed by atoms with Crippen LogP contribution in [-0.4, -0.2) is 11.4 Å². The SMILES string of the molecule is [2H]CC(=O)NC12CC(C(C)C)(C1)C2. The van der Waals surface area contributed by atoms with E-state index in [4.69, 9.17) is 1.37 Å². The Kier molecular flexibility index (Phi) is 1.18. The zero-order valence-corrected chi connectivity index (χ0v) is 7.81. The normalized spacial score (nSPS) is 44.4. The van der Waals surface area contributed by atoms with Crippen LogP contribution in [-0.2, 0) is 4.79 Å². The van der Waals surface area contributed by atoms with Crippen LogP contribution in [0.3, 0.4) is 0 Å².